The van der Waals surface area contributed by atoms with Gasteiger partial charge in [-0.15, -0.1) is 0 Å². The summed E-state index contributed by atoms with van der Waals surface area (Å²) in [5.41, 5.74) is 5.77. The number of carbonyl (C=O) groups is 2. The molecule has 0 aliphatic carbocycles. The number of benzene rings is 2. The molecule has 5 rings (SSSR count). The normalized spacial score (nSPS) is 18.7. The van der Waals surface area contributed by atoms with E-state index < -0.39 is 0 Å². The van der Waals surface area contributed by atoms with E-state index in [2.05, 4.69) is 66.9 Å². The number of hydrogen-bond donors (Lipinski definition) is 0. The van der Waals surface area contributed by atoms with Gasteiger partial charge in [0.2, 0.25) is 11.8 Å². The van der Waals surface area contributed by atoms with Crippen molar-refractivity contribution in [2.24, 2.45) is 0 Å². The van der Waals surface area contributed by atoms with Crippen LogP contribution in [0.5, 0.6) is 0 Å². The molecule has 3 aromatic rings. The summed E-state index contributed by atoms with van der Waals surface area (Å²) < 4.78 is 2.27. The molecular formula is C25H27N3O2. The van der Waals surface area contributed by atoms with E-state index in [1.165, 1.54) is 16.5 Å². The molecule has 0 bridgehead atoms. The highest BCUT2D eigenvalue weighted by atomic mass is 16.2. The van der Waals surface area contributed by atoms with E-state index in [1.807, 2.05) is 0 Å². The Morgan fingerprint density at radius 2 is 1.77 bits per heavy atom. The van der Waals surface area contributed by atoms with Gasteiger partial charge in [-0.3, -0.25) is 9.59 Å². The Hall–Kier alpha value is -3.08. The fourth-order valence-corrected chi connectivity index (χ4v) is 4.88. The Bertz CT molecular complexity index is 1130. The molecule has 0 N–H and O–H groups in total. The molecule has 154 valence electrons. The number of amides is 2. The lowest BCUT2D eigenvalue weighted by atomic mass is 9.93. The lowest BCUT2D eigenvalue weighted by Crippen LogP contribution is -2.61. The monoisotopic (exact) mass is 401 g/mol. The van der Waals surface area contributed by atoms with Crippen LogP contribution < -0.4 is 0 Å². The molecule has 30 heavy (non-hydrogen) atoms. The number of carbonyl (C=O) groups excluding carboxylic acids is 2. The van der Waals surface area contributed by atoms with Crippen molar-refractivity contribution in [3.63, 3.8) is 0 Å². The first-order valence-corrected chi connectivity index (χ1v) is 10.8. The minimum Gasteiger partial charge on any atom is -0.332 e. The summed E-state index contributed by atoms with van der Waals surface area (Å²) in [6.45, 7) is 5.54. The smallest absolute Gasteiger partial charge is 0.246 e. The number of piperazine rings is 1. The summed E-state index contributed by atoms with van der Waals surface area (Å²) in [4.78, 5) is 29.7. The molecule has 0 saturated carbocycles. The van der Waals surface area contributed by atoms with Crippen LogP contribution in [-0.4, -0.2) is 45.3 Å². The van der Waals surface area contributed by atoms with E-state index in [-0.39, 0.29) is 24.4 Å². The van der Waals surface area contributed by atoms with Gasteiger partial charge in [0.15, 0.2) is 0 Å². The van der Waals surface area contributed by atoms with E-state index in [0.717, 1.165) is 29.7 Å². The lowest BCUT2D eigenvalue weighted by molar-refractivity contribution is -0.157. The highest BCUT2D eigenvalue weighted by Gasteiger charge is 2.43. The second kappa shape index (κ2) is 7.31. The van der Waals surface area contributed by atoms with Crippen LogP contribution in [0, 0.1) is 6.92 Å². The predicted molar refractivity (Wildman–Crippen MR) is 118 cm³/mol. The summed E-state index contributed by atoms with van der Waals surface area (Å²) in [7, 11) is 0. The van der Waals surface area contributed by atoms with Crippen LogP contribution >= 0.6 is 0 Å². The first-order chi connectivity index (χ1) is 14.6. The maximum atomic E-state index is 13.2. The first-order valence-electron chi connectivity index (χ1n) is 10.8. The van der Waals surface area contributed by atoms with Crippen LogP contribution in [0.15, 0.2) is 48.5 Å². The topological polar surface area (TPSA) is 45.6 Å². The third kappa shape index (κ3) is 2.92. The molecule has 2 amide bonds. The van der Waals surface area contributed by atoms with Crippen molar-refractivity contribution in [3.8, 4) is 5.69 Å². The largest absolute Gasteiger partial charge is 0.332 e. The zero-order valence-corrected chi connectivity index (χ0v) is 17.6. The number of hydrogen-bond acceptors (Lipinski definition) is 2. The fourth-order valence-electron chi connectivity index (χ4n) is 4.88. The van der Waals surface area contributed by atoms with Gasteiger partial charge in [-0.05, 0) is 37.1 Å². The van der Waals surface area contributed by atoms with Gasteiger partial charge >= 0.3 is 0 Å². The van der Waals surface area contributed by atoms with E-state index in [0.29, 0.717) is 19.5 Å². The van der Waals surface area contributed by atoms with Crippen molar-refractivity contribution in [1.29, 1.82) is 0 Å². The Morgan fingerprint density at radius 1 is 1.00 bits per heavy atom. The van der Waals surface area contributed by atoms with Crippen LogP contribution in [0.2, 0.25) is 0 Å². The first kappa shape index (κ1) is 18.9. The summed E-state index contributed by atoms with van der Waals surface area (Å²) in [6, 6.07) is 16.5. The molecule has 5 heteroatoms. The second-order valence-electron chi connectivity index (χ2n) is 8.47. The quantitative estimate of drug-likeness (QED) is 0.667. The molecule has 0 spiro atoms. The summed E-state index contributed by atoms with van der Waals surface area (Å²) in [5, 5.41) is 1.18. The van der Waals surface area contributed by atoms with Gasteiger partial charge in [-0.2, -0.15) is 0 Å². The maximum Gasteiger partial charge on any atom is 0.246 e. The minimum absolute atomic E-state index is 0.0575. The molecule has 1 atom stereocenters. The molecule has 1 unspecified atom stereocenters. The number of fused-ring (bicyclic) bond motifs is 4. The van der Waals surface area contributed by atoms with Gasteiger partial charge in [0.05, 0.1) is 18.6 Å². The molecule has 3 heterocycles. The van der Waals surface area contributed by atoms with E-state index in [4.69, 9.17) is 0 Å². The van der Waals surface area contributed by atoms with Crippen LogP contribution in [0.25, 0.3) is 16.6 Å². The number of nitrogens with zero attached hydrogens (tertiary/aromatic N) is 3. The Balaban J connectivity index is 1.62. The summed E-state index contributed by atoms with van der Waals surface area (Å²) in [5.74, 6) is 0.155. The number of aryl methyl sites for hydroxylation is 1. The number of rotatable bonds is 4. The van der Waals surface area contributed by atoms with Gasteiger partial charge in [-0.25, -0.2) is 0 Å². The van der Waals surface area contributed by atoms with Crippen LogP contribution in [-0.2, 0) is 22.6 Å². The van der Waals surface area contributed by atoms with E-state index in [9.17, 15) is 9.59 Å². The predicted octanol–water partition coefficient (Wildman–Crippen LogP) is 3.83. The third-order valence-electron chi connectivity index (χ3n) is 6.50. The molecule has 1 saturated heterocycles. The van der Waals surface area contributed by atoms with Crippen molar-refractivity contribution >= 4 is 22.7 Å². The molecule has 0 radical (unpaired) electrons. The van der Waals surface area contributed by atoms with E-state index in [1.54, 1.807) is 9.80 Å². The molecule has 1 aromatic heterocycles. The number of aromatic nitrogens is 1. The molecule has 2 aliphatic rings. The third-order valence-corrected chi connectivity index (χ3v) is 6.50. The second-order valence-corrected chi connectivity index (χ2v) is 8.47. The Labute approximate surface area is 176 Å². The van der Waals surface area contributed by atoms with Gasteiger partial charge in [-0.1, -0.05) is 49.2 Å². The van der Waals surface area contributed by atoms with Gasteiger partial charge in [0.25, 0.3) is 0 Å². The van der Waals surface area contributed by atoms with Gasteiger partial charge in [0, 0.05) is 29.7 Å². The van der Waals surface area contributed by atoms with Crippen molar-refractivity contribution in [3.05, 3.63) is 65.4 Å². The maximum absolute atomic E-state index is 13.2. The Kier molecular flexibility index (Phi) is 4.61. The van der Waals surface area contributed by atoms with Crippen molar-refractivity contribution in [1.82, 2.24) is 14.4 Å². The average molecular weight is 402 g/mol. The van der Waals surface area contributed by atoms with Crippen LogP contribution in [0.4, 0.5) is 0 Å². The minimum atomic E-state index is -0.382. The fraction of sp³-hybridized carbons (Fsp3) is 0.360. The molecular weight excluding hydrogens is 374 g/mol. The molecule has 5 nitrogen and oxygen atoms in total. The lowest BCUT2D eigenvalue weighted by Gasteiger charge is -2.43. The molecule has 2 aromatic carbocycles. The molecule has 2 aliphatic heterocycles. The van der Waals surface area contributed by atoms with Gasteiger partial charge in [0.1, 0.15) is 6.04 Å². The SMILES string of the molecule is CCCCN1CC(=O)N2Cc3c(c4ccccc4n3-c3ccc(C)cc3)CC2C1=O. The number of unbranched alkanes of at least 4 members (excludes halogenated alkanes) is 1. The van der Waals surface area contributed by atoms with Crippen molar-refractivity contribution < 1.29 is 9.59 Å². The zero-order valence-electron chi connectivity index (χ0n) is 17.6. The highest BCUT2D eigenvalue weighted by Crippen LogP contribution is 2.36. The Morgan fingerprint density at radius 3 is 2.53 bits per heavy atom. The molecule has 1 fully saturated rings. The zero-order chi connectivity index (χ0) is 20.8. The average Bonchev–Trinajstić information content (AvgIpc) is 3.08. The standard InChI is InChI=1S/C25H27N3O2/c1-3-4-13-26-16-24(29)27-15-23-20(14-22(27)25(26)30)19-7-5-6-8-21(19)28(23)18-11-9-17(2)10-12-18/h5-12,22H,3-4,13-16H2,1-2H3. The van der Waals surface area contributed by atoms with Crippen LogP contribution in [0.1, 0.15) is 36.6 Å². The highest BCUT2D eigenvalue weighted by molar-refractivity contribution is 5.97. The van der Waals surface area contributed by atoms with E-state index >= 15 is 0 Å². The van der Waals surface area contributed by atoms with Crippen molar-refractivity contribution in [2.75, 3.05) is 13.1 Å². The van der Waals surface area contributed by atoms with Crippen LogP contribution in [0.3, 0.4) is 0 Å². The summed E-state index contributed by atoms with van der Waals surface area (Å²) >= 11 is 0. The van der Waals surface area contributed by atoms with Crippen molar-refractivity contribution in [2.45, 2.75) is 45.7 Å². The van der Waals surface area contributed by atoms with Gasteiger partial charge < -0.3 is 14.4 Å². The summed E-state index contributed by atoms with van der Waals surface area (Å²) in [6.07, 6.45) is 2.53. The number of para-hydroxylation sites is 1.